The Morgan fingerprint density at radius 3 is 2.82 bits per heavy atom. The Hall–Kier alpha value is -0.940. The summed E-state index contributed by atoms with van der Waals surface area (Å²) in [4.78, 5) is 4.30. The molecule has 5 heteroatoms. The molecular weight excluding hydrogens is 216 g/mol. The van der Waals surface area contributed by atoms with Crippen LogP contribution in [0.15, 0.2) is 6.33 Å². The molecule has 1 aromatic rings. The van der Waals surface area contributed by atoms with Gasteiger partial charge in [-0.25, -0.2) is 4.98 Å². The number of aryl methyl sites for hydroxylation is 1. The van der Waals surface area contributed by atoms with Crippen LogP contribution in [-0.2, 0) is 17.7 Å². The molecule has 0 aliphatic carbocycles. The molecule has 0 amide bonds. The zero-order chi connectivity index (χ0) is 12.7. The van der Waals surface area contributed by atoms with Crippen molar-refractivity contribution in [1.29, 1.82) is 0 Å². The first kappa shape index (κ1) is 14.1. The summed E-state index contributed by atoms with van der Waals surface area (Å²) in [5.74, 6) is 1.05. The van der Waals surface area contributed by atoms with Crippen LogP contribution in [0, 0.1) is 0 Å². The number of rotatable bonds is 8. The predicted molar refractivity (Wildman–Crippen MR) is 68.0 cm³/mol. The minimum absolute atomic E-state index is 0.315. The van der Waals surface area contributed by atoms with Crippen molar-refractivity contribution < 1.29 is 4.74 Å². The Labute approximate surface area is 104 Å². The maximum Gasteiger partial charge on any atom is 0.138 e. The first-order chi connectivity index (χ1) is 8.21. The molecule has 5 nitrogen and oxygen atoms in total. The van der Waals surface area contributed by atoms with Crippen LogP contribution in [0.5, 0.6) is 0 Å². The Kier molecular flexibility index (Phi) is 6.15. The van der Waals surface area contributed by atoms with E-state index in [-0.39, 0.29) is 0 Å². The summed E-state index contributed by atoms with van der Waals surface area (Å²) in [7, 11) is 3.75. The van der Waals surface area contributed by atoms with Gasteiger partial charge in [0, 0.05) is 26.1 Å². The molecule has 0 fully saturated rings. The fourth-order valence-electron chi connectivity index (χ4n) is 1.83. The summed E-state index contributed by atoms with van der Waals surface area (Å²) in [6.07, 6.45) is 5.00. The van der Waals surface area contributed by atoms with Crippen molar-refractivity contribution in [3.8, 4) is 0 Å². The van der Waals surface area contributed by atoms with Gasteiger partial charge in [0.15, 0.2) is 0 Å². The molecule has 98 valence electrons. The van der Waals surface area contributed by atoms with Gasteiger partial charge in [-0.3, -0.25) is 4.68 Å². The molecule has 2 unspecified atom stereocenters. The van der Waals surface area contributed by atoms with E-state index in [1.807, 2.05) is 11.7 Å². The lowest BCUT2D eigenvalue weighted by Crippen LogP contribution is -2.30. The summed E-state index contributed by atoms with van der Waals surface area (Å²) in [5, 5.41) is 7.52. The van der Waals surface area contributed by atoms with E-state index >= 15 is 0 Å². The summed E-state index contributed by atoms with van der Waals surface area (Å²) < 4.78 is 7.21. The van der Waals surface area contributed by atoms with Gasteiger partial charge in [-0.1, -0.05) is 0 Å². The van der Waals surface area contributed by atoms with Crippen molar-refractivity contribution in [3.63, 3.8) is 0 Å². The highest BCUT2D eigenvalue weighted by atomic mass is 16.5. The Bertz CT molecular complexity index is 313. The van der Waals surface area contributed by atoms with E-state index in [0.717, 1.165) is 31.6 Å². The topological polar surface area (TPSA) is 52.0 Å². The number of ether oxygens (including phenoxy) is 1. The first-order valence-corrected chi connectivity index (χ1v) is 6.28. The third kappa shape index (κ3) is 4.44. The molecule has 0 saturated carbocycles. The molecular formula is C12H24N4O. The van der Waals surface area contributed by atoms with Gasteiger partial charge >= 0.3 is 0 Å². The summed E-state index contributed by atoms with van der Waals surface area (Å²) in [6, 6.07) is 0.432. The summed E-state index contributed by atoms with van der Waals surface area (Å²) >= 11 is 0. The van der Waals surface area contributed by atoms with Crippen LogP contribution in [0.25, 0.3) is 0 Å². The number of hydrogen-bond donors (Lipinski definition) is 1. The number of methoxy groups -OCH3 is 1. The maximum absolute atomic E-state index is 5.26. The standard InChI is InChI=1S/C12H24N4O/c1-5-16-12(14-9-15-16)8-11(13-3)7-6-10(2)17-4/h9-11,13H,5-8H2,1-4H3. The van der Waals surface area contributed by atoms with Crippen LogP contribution >= 0.6 is 0 Å². The Balaban J connectivity index is 2.46. The molecule has 1 N–H and O–H groups in total. The highest BCUT2D eigenvalue weighted by Gasteiger charge is 2.13. The smallest absolute Gasteiger partial charge is 0.138 e. The van der Waals surface area contributed by atoms with E-state index in [4.69, 9.17) is 4.74 Å². The molecule has 0 spiro atoms. The van der Waals surface area contributed by atoms with Gasteiger partial charge in [-0.15, -0.1) is 0 Å². The number of likely N-dealkylation sites (N-methyl/N-ethyl adjacent to an activating group) is 1. The SMILES string of the molecule is CCn1ncnc1CC(CCC(C)OC)NC. The van der Waals surface area contributed by atoms with Gasteiger partial charge < -0.3 is 10.1 Å². The van der Waals surface area contributed by atoms with E-state index in [1.54, 1.807) is 13.4 Å². The van der Waals surface area contributed by atoms with E-state index in [2.05, 4.69) is 29.2 Å². The summed E-state index contributed by atoms with van der Waals surface area (Å²) in [6.45, 7) is 5.06. The van der Waals surface area contributed by atoms with Gasteiger partial charge in [-0.05, 0) is 33.7 Å². The normalized spacial score (nSPS) is 14.8. The molecule has 0 saturated heterocycles. The van der Waals surface area contributed by atoms with Crippen LogP contribution < -0.4 is 5.32 Å². The molecule has 1 aromatic heterocycles. The van der Waals surface area contributed by atoms with Crippen molar-refractivity contribution in [2.24, 2.45) is 0 Å². The molecule has 0 bridgehead atoms. The third-order valence-corrected chi connectivity index (χ3v) is 3.16. The van der Waals surface area contributed by atoms with Crippen LogP contribution in [0.4, 0.5) is 0 Å². The monoisotopic (exact) mass is 240 g/mol. The molecule has 0 aliphatic rings. The van der Waals surface area contributed by atoms with E-state index in [0.29, 0.717) is 12.1 Å². The fraction of sp³-hybridized carbons (Fsp3) is 0.833. The lowest BCUT2D eigenvalue weighted by atomic mass is 10.1. The van der Waals surface area contributed by atoms with Gasteiger partial charge in [0.05, 0.1) is 6.10 Å². The second kappa shape index (κ2) is 7.40. The maximum atomic E-state index is 5.26. The highest BCUT2D eigenvalue weighted by molar-refractivity contribution is 4.89. The van der Waals surface area contributed by atoms with Crippen LogP contribution in [-0.4, -0.2) is 41.1 Å². The predicted octanol–water partition coefficient (Wildman–Crippen LogP) is 1.24. The molecule has 2 atom stereocenters. The number of nitrogens with one attached hydrogen (secondary N) is 1. The Morgan fingerprint density at radius 1 is 1.47 bits per heavy atom. The number of nitrogens with zero attached hydrogens (tertiary/aromatic N) is 3. The molecule has 1 heterocycles. The van der Waals surface area contributed by atoms with Crippen LogP contribution in [0.3, 0.4) is 0 Å². The van der Waals surface area contributed by atoms with Crippen molar-refractivity contribution in [2.75, 3.05) is 14.2 Å². The lowest BCUT2D eigenvalue weighted by Gasteiger charge is -2.18. The van der Waals surface area contributed by atoms with Gasteiger partial charge in [0.2, 0.25) is 0 Å². The molecule has 0 aromatic carbocycles. The molecule has 17 heavy (non-hydrogen) atoms. The van der Waals surface area contributed by atoms with Crippen molar-refractivity contribution >= 4 is 0 Å². The first-order valence-electron chi connectivity index (χ1n) is 6.28. The van der Waals surface area contributed by atoms with Crippen LogP contribution in [0.1, 0.15) is 32.5 Å². The lowest BCUT2D eigenvalue weighted by molar-refractivity contribution is 0.106. The van der Waals surface area contributed by atoms with E-state index < -0.39 is 0 Å². The van der Waals surface area contributed by atoms with Gasteiger partial charge in [0.1, 0.15) is 12.2 Å². The molecule has 0 aliphatic heterocycles. The number of aromatic nitrogens is 3. The second-order valence-corrected chi connectivity index (χ2v) is 4.31. The molecule has 0 radical (unpaired) electrons. The summed E-state index contributed by atoms with van der Waals surface area (Å²) in [5.41, 5.74) is 0. The quantitative estimate of drug-likeness (QED) is 0.743. The van der Waals surface area contributed by atoms with Crippen molar-refractivity contribution in [1.82, 2.24) is 20.1 Å². The second-order valence-electron chi connectivity index (χ2n) is 4.31. The molecule has 1 rings (SSSR count). The minimum Gasteiger partial charge on any atom is -0.382 e. The van der Waals surface area contributed by atoms with Gasteiger partial charge in [-0.2, -0.15) is 5.10 Å². The van der Waals surface area contributed by atoms with E-state index in [1.165, 1.54) is 0 Å². The largest absolute Gasteiger partial charge is 0.382 e. The van der Waals surface area contributed by atoms with Crippen molar-refractivity contribution in [2.45, 2.75) is 51.8 Å². The zero-order valence-electron chi connectivity index (χ0n) is 11.3. The highest BCUT2D eigenvalue weighted by Crippen LogP contribution is 2.08. The van der Waals surface area contributed by atoms with Crippen molar-refractivity contribution in [3.05, 3.63) is 12.2 Å². The average molecular weight is 240 g/mol. The zero-order valence-corrected chi connectivity index (χ0v) is 11.3. The third-order valence-electron chi connectivity index (χ3n) is 3.16. The number of hydrogen-bond acceptors (Lipinski definition) is 4. The Morgan fingerprint density at radius 2 is 2.24 bits per heavy atom. The van der Waals surface area contributed by atoms with E-state index in [9.17, 15) is 0 Å². The van der Waals surface area contributed by atoms with Crippen LogP contribution in [0.2, 0.25) is 0 Å². The fourth-order valence-corrected chi connectivity index (χ4v) is 1.83. The average Bonchev–Trinajstić information content (AvgIpc) is 2.80. The van der Waals surface area contributed by atoms with Gasteiger partial charge in [0.25, 0.3) is 0 Å². The minimum atomic E-state index is 0.315.